The number of ether oxygens (including phenoxy) is 1. The molecule has 0 amide bonds. The van der Waals surface area contributed by atoms with E-state index < -0.39 is 0 Å². The van der Waals surface area contributed by atoms with Gasteiger partial charge in [-0.25, -0.2) is 4.39 Å². The molecule has 1 atom stereocenters. The number of benzene rings is 1. The summed E-state index contributed by atoms with van der Waals surface area (Å²) < 4.78 is 18.1. The first kappa shape index (κ1) is 13.8. The fourth-order valence-corrected chi connectivity index (χ4v) is 2.09. The molecule has 0 bridgehead atoms. The lowest BCUT2D eigenvalue weighted by Crippen LogP contribution is -2.19. The zero-order valence-electron chi connectivity index (χ0n) is 10.7. The first-order valence-corrected chi connectivity index (χ1v) is 6.15. The van der Waals surface area contributed by atoms with Crippen LogP contribution >= 0.6 is 11.6 Å². The van der Waals surface area contributed by atoms with Gasteiger partial charge in [0, 0.05) is 0 Å². The number of aromatic nitrogens is 1. The Bertz CT molecular complexity index is 560. The summed E-state index contributed by atoms with van der Waals surface area (Å²) in [6.07, 6.45) is 1.20. The molecule has 0 aliphatic carbocycles. The maximum absolute atomic E-state index is 12.9. The van der Waals surface area contributed by atoms with Crippen molar-refractivity contribution in [2.75, 3.05) is 14.2 Å². The molecule has 0 saturated carbocycles. The van der Waals surface area contributed by atoms with E-state index in [1.165, 1.54) is 12.3 Å². The maximum Gasteiger partial charge on any atom is 0.141 e. The Morgan fingerprint density at radius 1 is 1.32 bits per heavy atom. The minimum atomic E-state index is -0.354. The normalized spacial score (nSPS) is 12.2. The van der Waals surface area contributed by atoms with Crippen LogP contribution in [-0.4, -0.2) is 19.1 Å². The van der Waals surface area contributed by atoms with Gasteiger partial charge in [-0.1, -0.05) is 17.7 Å². The lowest BCUT2D eigenvalue weighted by atomic mass is 10.0. The van der Waals surface area contributed by atoms with Crippen molar-refractivity contribution in [3.8, 4) is 5.75 Å². The van der Waals surface area contributed by atoms with E-state index in [9.17, 15) is 4.39 Å². The average Bonchev–Trinajstić information content (AvgIpc) is 2.43. The second-order valence-electron chi connectivity index (χ2n) is 4.02. The molecule has 2 rings (SSSR count). The van der Waals surface area contributed by atoms with E-state index >= 15 is 0 Å². The second-order valence-corrected chi connectivity index (χ2v) is 4.42. The van der Waals surface area contributed by atoms with Crippen LogP contribution in [0.25, 0.3) is 0 Å². The van der Waals surface area contributed by atoms with Crippen LogP contribution < -0.4 is 10.1 Å². The highest BCUT2D eigenvalue weighted by Gasteiger charge is 2.15. The van der Waals surface area contributed by atoms with Gasteiger partial charge < -0.3 is 10.1 Å². The molecule has 0 aliphatic heterocycles. The number of nitrogens with one attached hydrogen (secondary N) is 1. The molecule has 0 aliphatic rings. The van der Waals surface area contributed by atoms with Gasteiger partial charge in [0.25, 0.3) is 0 Å². The Balaban J connectivity index is 2.39. The number of pyridine rings is 1. The Kier molecular flexibility index (Phi) is 4.35. The second kappa shape index (κ2) is 5.99. The van der Waals surface area contributed by atoms with Gasteiger partial charge >= 0.3 is 0 Å². The number of nitrogens with zero attached hydrogens (tertiary/aromatic N) is 1. The van der Waals surface area contributed by atoms with Crippen molar-refractivity contribution >= 4 is 11.6 Å². The molecule has 1 aromatic heterocycles. The minimum Gasteiger partial charge on any atom is -0.495 e. The van der Waals surface area contributed by atoms with E-state index in [-0.39, 0.29) is 11.9 Å². The molecule has 5 heteroatoms. The van der Waals surface area contributed by atoms with Crippen LogP contribution in [0.4, 0.5) is 4.39 Å². The standard InChI is InChI=1S/C14H14ClFN2O/c1-17-14(12-6-4-10(16)8-18-12)9-3-5-11(15)13(7-9)19-2/h3-8,14,17H,1-2H3. The molecule has 0 radical (unpaired) electrons. The lowest BCUT2D eigenvalue weighted by molar-refractivity contribution is 0.414. The number of hydrogen-bond acceptors (Lipinski definition) is 3. The van der Waals surface area contributed by atoms with E-state index in [2.05, 4.69) is 10.3 Å². The molecule has 1 N–H and O–H groups in total. The number of rotatable bonds is 4. The van der Waals surface area contributed by atoms with Crippen molar-refractivity contribution < 1.29 is 9.13 Å². The van der Waals surface area contributed by atoms with Crippen molar-refractivity contribution in [3.63, 3.8) is 0 Å². The van der Waals surface area contributed by atoms with E-state index in [0.717, 1.165) is 11.3 Å². The smallest absolute Gasteiger partial charge is 0.141 e. The highest BCUT2D eigenvalue weighted by Crippen LogP contribution is 2.29. The van der Waals surface area contributed by atoms with Gasteiger partial charge in [-0.05, 0) is 36.9 Å². The van der Waals surface area contributed by atoms with Crippen molar-refractivity contribution in [3.05, 3.63) is 58.6 Å². The van der Waals surface area contributed by atoms with Crippen LogP contribution in [0.15, 0.2) is 36.5 Å². The topological polar surface area (TPSA) is 34.1 Å². The van der Waals surface area contributed by atoms with E-state index in [4.69, 9.17) is 16.3 Å². The first-order valence-electron chi connectivity index (χ1n) is 5.78. The molecule has 0 spiro atoms. The summed E-state index contributed by atoms with van der Waals surface area (Å²) in [5, 5.41) is 3.69. The Morgan fingerprint density at radius 2 is 2.11 bits per heavy atom. The average molecular weight is 281 g/mol. The summed E-state index contributed by atoms with van der Waals surface area (Å²) in [6, 6.07) is 8.39. The van der Waals surface area contributed by atoms with Gasteiger partial charge in [-0.2, -0.15) is 0 Å². The van der Waals surface area contributed by atoms with Crippen LogP contribution in [0.3, 0.4) is 0 Å². The molecule has 2 aromatic rings. The Morgan fingerprint density at radius 3 is 2.68 bits per heavy atom. The summed E-state index contributed by atoms with van der Waals surface area (Å²) in [6.45, 7) is 0. The fraction of sp³-hybridized carbons (Fsp3) is 0.214. The molecular weight excluding hydrogens is 267 g/mol. The van der Waals surface area contributed by atoms with Crippen LogP contribution in [0, 0.1) is 5.82 Å². The maximum atomic E-state index is 12.9. The monoisotopic (exact) mass is 280 g/mol. The van der Waals surface area contributed by atoms with Crippen LogP contribution in [0.1, 0.15) is 17.3 Å². The van der Waals surface area contributed by atoms with Gasteiger partial charge in [0.05, 0.1) is 30.1 Å². The first-order chi connectivity index (χ1) is 9.15. The summed E-state index contributed by atoms with van der Waals surface area (Å²) in [5.74, 6) is 0.244. The van der Waals surface area contributed by atoms with Crippen LogP contribution in [0.5, 0.6) is 5.75 Å². The number of methoxy groups -OCH3 is 1. The molecule has 100 valence electrons. The van der Waals surface area contributed by atoms with Crippen molar-refractivity contribution in [2.24, 2.45) is 0 Å². The number of hydrogen-bond donors (Lipinski definition) is 1. The van der Waals surface area contributed by atoms with Crippen molar-refractivity contribution in [1.29, 1.82) is 0 Å². The molecular formula is C14H14ClFN2O. The summed E-state index contributed by atoms with van der Waals surface area (Å²) in [7, 11) is 3.38. The molecule has 0 fully saturated rings. The molecule has 1 unspecified atom stereocenters. The SMILES string of the molecule is CNC(c1ccc(Cl)c(OC)c1)c1ccc(F)cn1. The predicted octanol–water partition coefficient (Wildman–Crippen LogP) is 3.19. The van der Waals surface area contributed by atoms with Crippen LogP contribution in [0.2, 0.25) is 5.02 Å². The quantitative estimate of drug-likeness (QED) is 0.934. The van der Waals surface area contributed by atoms with E-state index in [0.29, 0.717) is 10.8 Å². The minimum absolute atomic E-state index is 0.147. The Hall–Kier alpha value is -1.65. The summed E-state index contributed by atoms with van der Waals surface area (Å²) in [5.41, 5.74) is 1.68. The Labute approximate surface area is 116 Å². The molecule has 19 heavy (non-hydrogen) atoms. The third kappa shape index (κ3) is 3.03. The summed E-state index contributed by atoms with van der Waals surface area (Å²) >= 11 is 6.00. The molecule has 0 saturated heterocycles. The third-order valence-electron chi connectivity index (χ3n) is 2.84. The van der Waals surface area contributed by atoms with Gasteiger partial charge in [0.15, 0.2) is 0 Å². The fourth-order valence-electron chi connectivity index (χ4n) is 1.90. The lowest BCUT2D eigenvalue weighted by Gasteiger charge is -2.17. The molecule has 1 aromatic carbocycles. The van der Waals surface area contributed by atoms with Crippen molar-refractivity contribution in [2.45, 2.75) is 6.04 Å². The molecule has 1 heterocycles. The van der Waals surface area contributed by atoms with Crippen molar-refractivity contribution in [1.82, 2.24) is 10.3 Å². The number of halogens is 2. The predicted molar refractivity (Wildman–Crippen MR) is 73.1 cm³/mol. The van der Waals surface area contributed by atoms with Gasteiger partial charge in [0.2, 0.25) is 0 Å². The molecule has 3 nitrogen and oxygen atoms in total. The van der Waals surface area contributed by atoms with Gasteiger partial charge in [0.1, 0.15) is 11.6 Å². The highest BCUT2D eigenvalue weighted by atomic mass is 35.5. The zero-order chi connectivity index (χ0) is 13.8. The zero-order valence-corrected chi connectivity index (χ0v) is 11.4. The van der Waals surface area contributed by atoms with Gasteiger partial charge in [-0.3, -0.25) is 4.98 Å². The third-order valence-corrected chi connectivity index (χ3v) is 3.16. The van der Waals surface area contributed by atoms with E-state index in [1.54, 1.807) is 19.2 Å². The van der Waals surface area contributed by atoms with Crippen LogP contribution in [-0.2, 0) is 0 Å². The van der Waals surface area contributed by atoms with Gasteiger partial charge in [-0.15, -0.1) is 0 Å². The highest BCUT2D eigenvalue weighted by molar-refractivity contribution is 6.32. The largest absolute Gasteiger partial charge is 0.495 e. The summed E-state index contributed by atoms with van der Waals surface area (Å²) in [4.78, 5) is 4.09. The van der Waals surface area contributed by atoms with E-state index in [1.807, 2.05) is 19.2 Å².